The summed E-state index contributed by atoms with van der Waals surface area (Å²) in [7, 11) is -3.76. The molecule has 4 rings (SSSR count). The van der Waals surface area contributed by atoms with Crippen molar-refractivity contribution in [2.75, 3.05) is 18.4 Å². The van der Waals surface area contributed by atoms with Gasteiger partial charge < -0.3 is 10.1 Å². The summed E-state index contributed by atoms with van der Waals surface area (Å²) < 4.78 is 57.4. The molecule has 7 nitrogen and oxygen atoms in total. The van der Waals surface area contributed by atoms with Crippen LogP contribution in [-0.4, -0.2) is 43.3 Å². The van der Waals surface area contributed by atoms with Crippen LogP contribution in [0, 0.1) is 12.8 Å². The molecule has 1 unspecified atom stereocenters. The largest absolute Gasteiger partial charge is 0.435 e. The fourth-order valence-corrected chi connectivity index (χ4v) is 5.92. The van der Waals surface area contributed by atoms with Crippen LogP contribution in [0.15, 0.2) is 41.3 Å². The lowest BCUT2D eigenvalue weighted by molar-refractivity contribution is -0.120. The molecule has 1 aromatic heterocycles. The first-order chi connectivity index (χ1) is 15.7. The zero-order valence-corrected chi connectivity index (χ0v) is 18.9. The van der Waals surface area contributed by atoms with Crippen molar-refractivity contribution in [3.05, 3.63) is 58.1 Å². The molecule has 1 amide bonds. The topological polar surface area (TPSA) is 88.6 Å². The minimum Gasteiger partial charge on any atom is -0.435 e. The van der Waals surface area contributed by atoms with Crippen LogP contribution in [0.3, 0.4) is 0 Å². The van der Waals surface area contributed by atoms with Gasteiger partial charge in [0, 0.05) is 18.8 Å². The number of allylic oxidation sites excluding steroid dienone is 1. The van der Waals surface area contributed by atoms with Crippen molar-refractivity contribution in [3.8, 4) is 5.75 Å². The maximum absolute atomic E-state index is 13.3. The van der Waals surface area contributed by atoms with Gasteiger partial charge in [0.15, 0.2) is 0 Å². The number of nitrogens with one attached hydrogen (secondary N) is 1. The van der Waals surface area contributed by atoms with E-state index in [1.54, 1.807) is 24.3 Å². The van der Waals surface area contributed by atoms with Crippen LogP contribution < -0.4 is 10.1 Å². The highest BCUT2D eigenvalue weighted by molar-refractivity contribution is 7.93. The lowest BCUT2D eigenvalue weighted by Crippen LogP contribution is -2.44. The number of nitrogens with zero attached hydrogens (tertiary/aromatic N) is 2. The number of hydrogen-bond acceptors (Lipinski definition) is 5. The lowest BCUT2D eigenvalue weighted by Gasteiger charge is -2.32. The van der Waals surface area contributed by atoms with Crippen molar-refractivity contribution in [2.24, 2.45) is 5.92 Å². The number of rotatable bonds is 6. The molecule has 33 heavy (non-hydrogen) atoms. The van der Waals surface area contributed by atoms with E-state index in [0.717, 1.165) is 11.3 Å². The van der Waals surface area contributed by atoms with Crippen LogP contribution in [0.2, 0.25) is 0 Å². The third-order valence-electron chi connectivity index (χ3n) is 5.86. The summed E-state index contributed by atoms with van der Waals surface area (Å²) in [6.07, 6.45) is 3.42. The Hall–Kier alpha value is -2.85. The van der Waals surface area contributed by atoms with Crippen molar-refractivity contribution >= 4 is 27.8 Å². The molecule has 0 spiro atoms. The van der Waals surface area contributed by atoms with Gasteiger partial charge in [0.2, 0.25) is 15.9 Å². The molecule has 1 aromatic carbocycles. The number of ether oxygens (including phenoxy) is 1. The van der Waals surface area contributed by atoms with Gasteiger partial charge in [0.1, 0.15) is 11.6 Å². The number of hydrogen-bond donors (Lipinski definition) is 1. The number of amides is 1. The second-order valence-electron chi connectivity index (χ2n) is 8.21. The number of piperidine rings is 1. The number of sulfonamides is 1. The van der Waals surface area contributed by atoms with Crippen LogP contribution in [0.1, 0.15) is 36.1 Å². The standard InChI is InChI=1S/C23H25F2N3O4S/c1-15-4-2-6-21(26-15)27-22(29)18-5-3-11-28(14-18)33(30,31)20-10-8-16-12-19(32-23(24)25)9-7-17(16)13-20/h2,4,6-7,9,12-13,18,23H,3,5,8,10-11,14H2,1H3,(H,26,27,29). The maximum Gasteiger partial charge on any atom is 0.387 e. The number of fused-ring (bicyclic) bond motifs is 1. The Bertz CT molecular complexity index is 1180. The first-order valence-corrected chi connectivity index (χ1v) is 12.2. The summed E-state index contributed by atoms with van der Waals surface area (Å²) in [4.78, 5) is 17.3. The van der Waals surface area contributed by atoms with Crippen LogP contribution in [0.25, 0.3) is 6.08 Å². The molecule has 1 fully saturated rings. The molecule has 0 saturated carbocycles. The Morgan fingerprint density at radius 2 is 2.06 bits per heavy atom. The minimum atomic E-state index is -3.76. The summed E-state index contributed by atoms with van der Waals surface area (Å²) in [5, 5.41) is 2.78. The normalized spacial score (nSPS) is 19.0. The van der Waals surface area contributed by atoms with E-state index in [1.807, 2.05) is 13.0 Å². The number of benzene rings is 1. The Morgan fingerprint density at radius 1 is 1.24 bits per heavy atom. The van der Waals surface area contributed by atoms with Crippen LogP contribution >= 0.6 is 0 Å². The van der Waals surface area contributed by atoms with E-state index in [1.165, 1.54) is 16.4 Å². The van der Waals surface area contributed by atoms with E-state index in [9.17, 15) is 22.0 Å². The van der Waals surface area contributed by atoms with Crippen molar-refractivity contribution in [2.45, 2.75) is 39.2 Å². The van der Waals surface area contributed by atoms with Gasteiger partial charge in [0.05, 0.1) is 10.8 Å². The van der Waals surface area contributed by atoms with Gasteiger partial charge in [-0.25, -0.2) is 13.4 Å². The fraction of sp³-hybridized carbons (Fsp3) is 0.391. The number of aryl methyl sites for hydroxylation is 2. The highest BCUT2D eigenvalue weighted by atomic mass is 32.2. The first kappa shape index (κ1) is 23.3. The minimum absolute atomic E-state index is 0.0523. The second-order valence-corrected chi connectivity index (χ2v) is 10.2. The third-order valence-corrected chi connectivity index (χ3v) is 7.86. The summed E-state index contributed by atoms with van der Waals surface area (Å²) in [5.41, 5.74) is 2.20. The van der Waals surface area contributed by atoms with Crippen molar-refractivity contribution in [1.82, 2.24) is 9.29 Å². The van der Waals surface area contributed by atoms with Crippen molar-refractivity contribution in [1.29, 1.82) is 0 Å². The van der Waals surface area contributed by atoms with Gasteiger partial charge in [-0.1, -0.05) is 12.1 Å². The Balaban J connectivity index is 1.47. The van der Waals surface area contributed by atoms with Crippen molar-refractivity contribution < 1.29 is 26.7 Å². The molecular weight excluding hydrogens is 452 g/mol. The smallest absolute Gasteiger partial charge is 0.387 e. The third kappa shape index (κ3) is 5.39. The maximum atomic E-state index is 13.3. The molecule has 176 valence electrons. The number of carbonyl (C=O) groups excluding carboxylic acids is 1. The Labute approximate surface area is 191 Å². The predicted octanol–water partition coefficient (Wildman–Crippen LogP) is 3.96. The monoisotopic (exact) mass is 477 g/mol. The number of halogens is 2. The van der Waals surface area contributed by atoms with Crippen LogP contribution in [0.4, 0.5) is 14.6 Å². The molecule has 0 bridgehead atoms. The SMILES string of the molecule is Cc1cccc(NC(=O)C2CCCN(S(=O)(=O)C3=Cc4ccc(OC(F)F)cc4CC3)C2)n1. The molecule has 10 heteroatoms. The predicted molar refractivity (Wildman–Crippen MR) is 120 cm³/mol. The number of alkyl halides is 2. The molecule has 1 aliphatic carbocycles. The zero-order chi connectivity index (χ0) is 23.6. The number of carbonyl (C=O) groups is 1. The summed E-state index contributed by atoms with van der Waals surface area (Å²) in [5.74, 6) is -0.220. The molecule has 1 saturated heterocycles. The average molecular weight is 478 g/mol. The average Bonchev–Trinajstić information content (AvgIpc) is 2.78. The van der Waals surface area contributed by atoms with E-state index in [2.05, 4.69) is 15.0 Å². The van der Waals surface area contributed by atoms with E-state index in [-0.39, 0.29) is 29.5 Å². The van der Waals surface area contributed by atoms with Gasteiger partial charge in [-0.15, -0.1) is 0 Å². The molecule has 2 aliphatic rings. The fourth-order valence-electron chi connectivity index (χ4n) is 4.20. The van der Waals surface area contributed by atoms with Gasteiger partial charge in [-0.05, 0) is 74.1 Å². The van der Waals surface area contributed by atoms with E-state index < -0.39 is 22.6 Å². The molecule has 1 N–H and O–H groups in total. The molecule has 1 atom stereocenters. The van der Waals surface area contributed by atoms with E-state index in [4.69, 9.17) is 0 Å². The molecular formula is C23H25F2N3O4S. The number of pyridine rings is 1. The van der Waals surface area contributed by atoms with Crippen LogP contribution in [-0.2, 0) is 21.2 Å². The quantitative estimate of drug-likeness (QED) is 0.681. The second kappa shape index (κ2) is 9.56. The van der Waals surface area contributed by atoms with Crippen molar-refractivity contribution in [3.63, 3.8) is 0 Å². The van der Waals surface area contributed by atoms with Gasteiger partial charge >= 0.3 is 6.61 Å². The van der Waals surface area contributed by atoms with Crippen LogP contribution in [0.5, 0.6) is 5.75 Å². The van der Waals surface area contributed by atoms with Gasteiger partial charge in [-0.2, -0.15) is 13.1 Å². The zero-order valence-electron chi connectivity index (χ0n) is 18.1. The lowest BCUT2D eigenvalue weighted by atomic mass is 9.97. The Morgan fingerprint density at radius 3 is 2.82 bits per heavy atom. The van der Waals surface area contributed by atoms with E-state index >= 15 is 0 Å². The summed E-state index contributed by atoms with van der Waals surface area (Å²) in [6, 6.07) is 9.83. The molecule has 0 radical (unpaired) electrons. The number of anilines is 1. The molecule has 2 heterocycles. The number of aromatic nitrogens is 1. The summed E-state index contributed by atoms with van der Waals surface area (Å²) >= 11 is 0. The highest BCUT2D eigenvalue weighted by Crippen LogP contribution is 2.33. The molecule has 2 aromatic rings. The van der Waals surface area contributed by atoms with Gasteiger partial charge in [0.25, 0.3) is 0 Å². The molecule has 1 aliphatic heterocycles. The van der Waals surface area contributed by atoms with E-state index in [0.29, 0.717) is 37.2 Å². The first-order valence-electron chi connectivity index (χ1n) is 10.8. The highest BCUT2D eigenvalue weighted by Gasteiger charge is 2.35. The summed E-state index contributed by atoms with van der Waals surface area (Å²) in [6.45, 7) is -0.636. The Kier molecular flexibility index (Phi) is 6.76. The van der Waals surface area contributed by atoms with Gasteiger partial charge in [-0.3, -0.25) is 4.79 Å².